The molecule has 0 aliphatic heterocycles. The molecule has 0 saturated carbocycles. The van der Waals surface area contributed by atoms with Gasteiger partial charge in [-0.15, -0.1) is 11.3 Å². The molecule has 0 amide bonds. The molecule has 0 aliphatic carbocycles. The Morgan fingerprint density at radius 1 is 1.07 bits per heavy atom. The molecule has 0 atom stereocenters. The number of aliphatic hydroxyl groups excluding tert-OH is 1. The van der Waals surface area contributed by atoms with Crippen LogP contribution in [0.1, 0.15) is 16.7 Å². The third-order valence-corrected chi connectivity index (χ3v) is 3.43. The molecule has 2 heteroatoms. The summed E-state index contributed by atoms with van der Waals surface area (Å²) < 4.78 is 0. The largest absolute Gasteiger partial charge is 0.392 e. The third kappa shape index (κ3) is 2.28. The second-order valence-electron chi connectivity index (χ2n) is 3.85. The highest BCUT2D eigenvalue weighted by molar-refractivity contribution is 7.13. The molecule has 0 saturated heterocycles. The lowest BCUT2D eigenvalue weighted by Gasteiger charge is -2.03. The fourth-order valence-electron chi connectivity index (χ4n) is 1.68. The minimum Gasteiger partial charge on any atom is -0.392 e. The van der Waals surface area contributed by atoms with E-state index >= 15 is 0 Å². The number of thiophene rings is 1. The highest BCUT2D eigenvalue weighted by Crippen LogP contribution is 2.28. The van der Waals surface area contributed by atoms with E-state index in [4.69, 9.17) is 5.11 Å². The first-order valence-corrected chi connectivity index (χ1v) is 5.84. The molecule has 0 unspecified atom stereocenters. The molecule has 0 aliphatic rings. The van der Waals surface area contributed by atoms with Crippen LogP contribution in [0.2, 0.25) is 0 Å². The van der Waals surface area contributed by atoms with Gasteiger partial charge < -0.3 is 5.11 Å². The highest BCUT2D eigenvalue weighted by atomic mass is 32.1. The maximum Gasteiger partial charge on any atom is 0.0682 e. The van der Waals surface area contributed by atoms with E-state index in [1.54, 1.807) is 11.3 Å². The van der Waals surface area contributed by atoms with E-state index < -0.39 is 0 Å². The van der Waals surface area contributed by atoms with Crippen molar-refractivity contribution in [3.63, 3.8) is 0 Å². The molecular weight excluding hydrogens is 204 g/mol. The highest BCUT2D eigenvalue weighted by Gasteiger charge is 2.03. The normalized spacial score (nSPS) is 10.6. The monoisotopic (exact) mass is 218 g/mol. The minimum absolute atomic E-state index is 0.110. The van der Waals surface area contributed by atoms with Crippen LogP contribution in [0.25, 0.3) is 10.4 Å². The van der Waals surface area contributed by atoms with Crippen molar-refractivity contribution in [3.8, 4) is 10.4 Å². The summed E-state index contributed by atoms with van der Waals surface area (Å²) in [7, 11) is 0. The summed E-state index contributed by atoms with van der Waals surface area (Å²) >= 11 is 1.75. The molecule has 0 spiro atoms. The number of hydrogen-bond donors (Lipinski definition) is 1. The average molecular weight is 218 g/mol. The zero-order valence-corrected chi connectivity index (χ0v) is 9.77. The number of benzene rings is 1. The maximum absolute atomic E-state index is 9.14. The second kappa shape index (κ2) is 4.17. The van der Waals surface area contributed by atoms with E-state index in [1.165, 1.54) is 21.6 Å². The van der Waals surface area contributed by atoms with Crippen molar-refractivity contribution in [1.29, 1.82) is 0 Å². The van der Waals surface area contributed by atoms with Crippen LogP contribution in [-0.4, -0.2) is 5.11 Å². The van der Waals surface area contributed by atoms with E-state index in [9.17, 15) is 0 Å². The standard InChI is InChI=1S/C13H14OS/c1-9-3-11(7-14)6-12(4-9)13-5-10(2)8-15-13/h3-6,8,14H,7H2,1-2H3. The first-order chi connectivity index (χ1) is 7.19. The molecule has 1 heterocycles. The summed E-state index contributed by atoms with van der Waals surface area (Å²) in [6.07, 6.45) is 0. The van der Waals surface area contributed by atoms with E-state index in [2.05, 4.69) is 37.4 Å². The van der Waals surface area contributed by atoms with Gasteiger partial charge in [-0.25, -0.2) is 0 Å². The Bertz CT molecular complexity index is 471. The van der Waals surface area contributed by atoms with Gasteiger partial charge in [-0.2, -0.15) is 0 Å². The van der Waals surface area contributed by atoms with Gasteiger partial charge in [-0.05, 0) is 48.1 Å². The molecule has 15 heavy (non-hydrogen) atoms. The molecule has 2 aromatic rings. The van der Waals surface area contributed by atoms with Gasteiger partial charge in [0, 0.05) is 4.88 Å². The topological polar surface area (TPSA) is 20.2 Å². The number of aryl methyl sites for hydroxylation is 2. The van der Waals surface area contributed by atoms with Crippen molar-refractivity contribution in [1.82, 2.24) is 0 Å². The van der Waals surface area contributed by atoms with Gasteiger partial charge in [0.15, 0.2) is 0 Å². The summed E-state index contributed by atoms with van der Waals surface area (Å²) in [6.45, 7) is 4.27. The van der Waals surface area contributed by atoms with Crippen molar-refractivity contribution < 1.29 is 5.11 Å². The Hall–Kier alpha value is -1.12. The zero-order valence-electron chi connectivity index (χ0n) is 8.95. The van der Waals surface area contributed by atoms with Crippen LogP contribution in [0.15, 0.2) is 29.6 Å². The van der Waals surface area contributed by atoms with Crippen molar-refractivity contribution in [2.45, 2.75) is 20.5 Å². The smallest absolute Gasteiger partial charge is 0.0682 e. The summed E-state index contributed by atoms with van der Waals surface area (Å²) in [5.74, 6) is 0. The molecule has 2 rings (SSSR count). The van der Waals surface area contributed by atoms with Gasteiger partial charge in [0.2, 0.25) is 0 Å². The number of rotatable bonds is 2. The second-order valence-corrected chi connectivity index (χ2v) is 4.76. The quantitative estimate of drug-likeness (QED) is 0.817. The Morgan fingerprint density at radius 2 is 1.87 bits per heavy atom. The Kier molecular flexibility index (Phi) is 2.89. The van der Waals surface area contributed by atoms with Crippen molar-refractivity contribution >= 4 is 11.3 Å². The molecule has 0 bridgehead atoms. The minimum atomic E-state index is 0.110. The van der Waals surface area contributed by atoms with Crippen LogP contribution in [0.3, 0.4) is 0 Å². The molecular formula is C13H14OS. The zero-order chi connectivity index (χ0) is 10.8. The van der Waals surface area contributed by atoms with Crippen LogP contribution in [0.5, 0.6) is 0 Å². The predicted molar refractivity (Wildman–Crippen MR) is 65.2 cm³/mol. The van der Waals surface area contributed by atoms with Crippen molar-refractivity contribution in [2.24, 2.45) is 0 Å². The van der Waals surface area contributed by atoms with Crippen LogP contribution < -0.4 is 0 Å². The van der Waals surface area contributed by atoms with Gasteiger partial charge in [0.1, 0.15) is 0 Å². The first-order valence-electron chi connectivity index (χ1n) is 4.96. The van der Waals surface area contributed by atoms with E-state index in [0.717, 1.165) is 5.56 Å². The lowest BCUT2D eigenvalue weighted by atomic mass is 10.1. The summed E-state index contributed by atoms with van der Waals surface area (Å²) in [4.78, 5) is 1.27. The molecule has 1 aromatic carbocycles. The SMILES string of the molecule is Cc1cc(CO)cc(-c2cc(C)cs2)c1. The molecule has 1 nitrogen and oxygen atoms in total. The number of hydrogen-bond acceptors (Lipinski definition) is 2. The van der Waals surface area contributed by atoms with Crippen LogP contribution in [0.4, 0.5) is 0 Å². The first kappa shape index (κ1) is 10.4. The van der Waals surface area contributed by atoms with Crippen LogP contribution in [0, 0.1) is 13.8 Å². The van der Waals surface area contributed by atoms with Crippen molar-refractivity contribution in [3.05, 3.63) is 46.3 Å². The fraction of sp³-hybridized carbons (Fsp3) is 0.231. The molecule has 0 radical (unpaired) electrons. The molecule has 1 aromatic heterocycles. The lowest BCUT2D eigenvalue weighted by molar-refractivity contribution is 0.282. The lowest BCUT2D eigenvalue weighted by Crippen LogP contribution is -1.86. The predicted octanol–water partition coefficient (Wildman–Crippen LogP) is 3.52. The van der Waals surface area contributed by atoms with Gasteiger partial charge in [0.05, 0.1) is 6.61 Å². The Labute approximate surface area is 94.0 Å². The summed E-state index contributed by atoms with van der Waals surface area (Å²) in [5, 5.41) is 11.3. The van der Waals surface area contributed by atoms with Crippen LogP contribution >= 0.6 is 11.3 Å². The fourth-order valence-corrected chi connectivity index (χ4v) is 2.57. The van der Waals surface area contributed by atoms with Crippen molar-refractivity contribution in [2.75, 3.05) is 0 Å². The molecule has 0 fully saturated rings. The maximum atomic E-state index is 9.14. The number of aliphatic hydroxyl groups is 1. The summed E-state index contributed by atoms with van der Waals surface area (Å²) in [5.41, 5.74) is 4.68. The Morgan fingerprint density at radius 3 is 2.47 bits per heavy atom. The van der Waals surface area contributed by atoms with E-state index in [1.807, 2.05) is 6.07 Å². The van der Waals surface area contributed by atoms with Crippen LogP contribution in [-0.2, 0) is 6.61 Å². The summed E-state index contributed by atoms with van der Waals surface area (Å²) in [6, 6.07) is 8.41. The Balaban J connectivity index is 2.48. The van der Waals surface area contributed by atoms with Gasteiger partial charge in [-0.1, -0.05) is 17.7 Å². The van der Waals surface area contributed by atoms with Gasteiger partial charge in [-0.3, -0.25) is 0 Å². The van der Waals surface area contributed by atoms with Gasteiger partial charge in [0.25, 0.3) is 0 Å². The average Bonchev–Trinajstić information content (AvgIpc) is 2.64. The van der Waals surface area contributed by atoms with E-state index in [-0.39, 0.29) is 6.61 Å². The molecule has 1 N–H and O–H groups in total. The van der Waals surface area contributed by atoms with E-state index in [0.29, 0.717) is 0 Å². The van der Waals surface area contributed by atoms with Gasteiger partial charge >= 0.3 is 0 Å². The third-order valence-electron chi connectivity index (χ3n) is 2.33. The molecule has 78 valence electrons.